The van der Waals surface area contributed by atoms with Crippen molar-refractivity contribution in [1.82, 2.24) is 4.98 Å². The highest BCUT2D eigenvalue weighted by Gasteiger charge is 2.15. The van der Waals surface area contributed by atoms with Crippen LogP contribution in [0.25, 0.3) is 0 Å². The average Bonchev–Trinajstić information content (AvgIpc) is 2.84. The van der Waals surface area contributed by atoms with Crippen molar-refractivity contribution in [3.63, 3.8) is 0 Å². The molecule has 0 aromatic carbocycles. The molecule has 0 saturated heterocycles. The summed E-state index contributed by atoms with van der Waals surface area (Å²) in [5.74, 6) is 1.44. The minimum atomic E-state index is 0.244. The molecular formula is C12H11Cl3N2O. The standard InChI is InChI=1S/C12H11Cl3N2O/c1-2-17(7-8-4-3-5-18-8)12-10(14)6-9(13)11(15)16-12/h3-6H,2,7H2,1H3. The molecule has 0 fully saturated rings. The Morgan fingerprint density at radius 1 is 1.28 bits per heavy atom. The second-order valence-electron chi connectivity index (χ2n) is 3.66. The van der Waals surface area contributed by atoms with Crippen LogP contribution in [0, 0.1) is 0 Å². The molecule has 0 bridgehead atoms. The first-order chi connectivity index (χ1) is 8.61. The number of furan rings is 1. The molecule has 0 spiro atoms. The van der Waals surface area contributed by atoms with Crippen molar-refractivity contribution in [1.29, 1.82) is 0 Å². The molecule has 0 unspecified atom stereocenters. The van der Waals surface area contributed by atoms with E-state index in [-0.39, 0.29) is 5.15 Å². The van der Waals surface area contributed by atoms with Crippen LogP contribution in [0.3, 0.4) is 0 Å². The largest absolute Gasteiger partial charge is 0.467 e. The van der Waals surface area contributed by atoms with Crippen molar-refractivity contribution in [2.45, 2.75) is 13.5 Å². The summed E-state index contributed by atoms with van der Waals surface area (Å²) in [5, 5.41) is 1.06. The van der Waals surface area contributed by atoms with Crippen LogP contribution < -0.4 is 4.90 Å². The summed E-state index contributed by atoms with van der Waals surface area (Å²) in [5.41, 5.74) is 0. The first-order valence-electron chi connectivity index (χ1n) is 5.40. The molecule has 6 heteroatoms. The molecule has 2 aromatic rings. The third-order valence-electron chi connectivity index (χ3n) is 2.48. The Balaban J connectivity index is 2.30. The number of halogens is 3. The summed E-state index contributed by atoms with van der Waals surface area (Å²) in [6.45, 7) is 3.31. The van der Waals surface area contributed by atoms with Crippen LogP contribution in [-0.4, -0.2) is 11.5 Å². The van der Waals surface area contributed by atoms with Crippen molar-refractivity contribution in [2.75, 3.05) is 11.4 Å². The Labute approximate surface area is 120 Å². The molecule has 2 heterocycles. The smallest absolute Gasteiger partial charge is 0.150 e. The van der Waals surface area contributed by atoms with Crippen LogP contribution in [0.2, 0.25) is 15.2 Å². The van der Waals surface area contributed by atoms with Gasteiger partial charge in [-0.3, -0.25) is 0 Å². The van der Waals surface area contributed by atoms with Gasteiger partial charge in [0.05, 0.1) is 22.9 Å². The van der Waals surface area contributed by atoms with Gasteiger partial charge in [0.25, 0.3) is 0 Å². The predicted octanol–water partition coefficient (Wildman–Crippen LogP) is 4.66. The minimum absolute atomic E-state index is 0.244. The zero-order valence-corrected chi connectivity index (χ0v) is 11.9. The van der Waals surface area contributed by atoms with E-state index >= 15 is 0 Å². The van der Waals surface area contributed by atoms with Gasteiger partial charge in [-0.25, -0.2) is 4.98 Å². The monoisotopic (exact) mass is 304 g/mol. The van der Waals surface area contributed by atoms with Crippen LogP contribution >= 0.6 is 34.8 Å². The highest BCUT2D eigenvalue weighted by molar-refractivity contribution is 6.42. The van der Waals surface area contributed by atoms with E-state index < -0.39 is 0 Å². The van der Waals surface area contributed by atoms with Gasteiger partial charge in [-0.1, -0.05) is 34.8 Å². The van der Waals surface area contributed by atoms with Crippen LogP contribution in [-0.2, 0) is 6.54 Å². The number of pyridine rings is 1. The lowest BCUT2D eigenvalue weighted by Crippen LogP contribution is -2.23. The molecule has 0 aliphatic carbocycles. The van der Waals surface area contributed by atoms with Gasteiger partial charge in [0.15, 0.2) is 0 Å². The molecule has 2 aromatic heterocycles. The SMILES string of the molecule is CCN(Cc1ccco1)c1nc(Cl)c(Cl)cc1Cl. The fourth-order valence-electron chi connectivity index (χ4n) is 1.58. The van der Waals surface area contributed by atoms with E-state index in [4.69, 9.17) is 39.2 Å². The second-order valence-corrected chi connectivity index (χ2v) is 4.83. The summed E-state index contributed by atoms with van der Waals surface area (Å²) in [6.07, 6.45) is 1.63. The third-order valence-corrected chi connectivity index (χ3v) is 3.43. The lowest BCUT2D eigenvalue weighted by molar-refractivity contribution is 0.503. The first kappa shape index (κ1) is 13.5. The van der Waals surface area contributed by atoms with E-state index in [1.807, 2.05) is 24.0 Å². The number of nitrogens with zero attached hydrogens (tertiary/aromatic N) is 2. The van der Waals surface area contributed by atoms with E-state index in [9.17, 15) is 0 Å². The minimum Gasteiger partial charge on any atom is -0.467 e. The molecule has 0 N–H and O–H groups in total. The Morgan fingerprint density at radius 3 is 2.67 bits per heavy atom. The van der Waals surface area contributed by atoms with Crippen molar-refractivity contribution in [3.8, 4) is 0 Å². The molecule has 0 saturated carbocycles. The maximum Gasteiger partial charge on any atom is 0.150 e. The maximum atomic E-state index is 6.14. The van der Waals surface area contributed by atoms with E-state index in [1.165, 1.54) is 0 Å². The topological polar surface area (TPSA) is 29.3 Å². The molecule has 0 amide bonds. The normalized spacial score (nSPS) is 10.7. The van der Waals surface area contributed by atoms with Gasteiger partial charge in [-0.15, -0.1) is 0 Å². The van der Waals surface area contributed by atoms with Crippen molar-refractivity contribution >= 4 is 40.6 Å². The van der Waals surface area contributed by atoms with Gasteiger partial charge >= 0.3 is 0 Å². The van der Waals surface area contributed by atoms with Crippen LogP contribution in [0.15, 0.2) is 28.9 Å². The Morgan fingerprint density at radius 2 is 2.06 bits per heavy atom. The van der Waals surface area contributed by atoms with Crippen LogP contribution in [0.5, 0.6) is 0 Å². The molecule has 18 heavy (non-hydrogen) atoms. The lowest BCUT2D eigenvalue weighted by Gasteiger charge is -2.22. The second kappa shape index (κ2) is 5.83. The summed E-state index contributed by atoms with van der Waals surface area (Å²) in [4.78, 5) is 6.17. The fourth-order valence-corrected chi connectivity index (χ4v) is 2.20. The van der Waals surface area contributed by atoms with Gasteiger partial charge in [-0.05, 0) is 25.1 Å². The number of aromatic nitrogens is 1. The van der Waals surface area contributed by atoms with Gasteiger partial charge < -0.3 is 9.32 Å². The van der Waals surface area contributed by atoms with E-state index in [1.54, 1.807) is 12.3 Å². The fraction of sp³-hybridized carbons (Fsp3) is 0.250. The molecule has 3 nitrogen and oxygen atoms in total. The zero-order chi connectivity index (χ0) is 13.1. The molecule has 0 aliphatic rings. The van der Waals surface area contributed by atoms with Crippen molar-refractivity contribution in [2.24, 2.45) is 0 Å². The van der Waals surface area contributed by atoms with Gasteiger partial charge in [-0.2, -0.15) is 0 Å². The third kappa shape index (κ3) is 2.91. The van der Waals surface area contributed by atoms with E-state index in [0.717, 1.165) is 12.3 Å². The van der Waals surface area contributed by atoms with E-state index in [2.05, 4.69) is 4.98 Å². The van der Waals surface area contributed by atoms with Crippen LogP contribution in [0.4, 0.5) is 5.82 Å². The molecule has 2 rings (SSSR count). The predicted molar refractivity (Wildman–Crippen MR) is 74.7 cm³/mol. The van der Waals surface area contributed by atoms with Gasteiger partial charge in [0.2, 0.25) is 0 Å². The Bertz CT molecular complexity index is 528. The number of rotatable bonds is 4. The van der Waals surface area contributed by atoms with Gasteiger partial charge in [0, 0.05) is 6.54 Å². The highest BCUT2D eigenvalue weighted by Crippen LogP contribution is 2.31. The summed E-state index contributed by atoms with van der Waals surface area (Å²) in [7, 11) is 0. The van der Waals surface area contributed by atoms with Crippen molar-refractivity contribution in [3.05, 3.63) is 45.4 Å². The quantitative estimate of drug-likeness (QED) is 0.769. The lowest BCUT2D eigenvalue weighted by atomic mass is 10.3. The summed E-state index contributed by atoms with van der Waals surface area (Å²) in [6, 6.07) is 5.33. The molecular weight excluding hydrogens is 295 g/mol. The Kier molecular flexibility index (Phi) is 4.38. The van der Waals surface area contributed by atoms with Gasteiger partial charge in [0.1, 0.15) is 16.7 Å². The number of hydrogen-bond acceptors (Lipinski definition) is 3. The molecule has 96 valence electrons. The average molecular weight is 306 g/mol. The zero-order valence-electron chi connectivity index (χ0n) is 9.66. The maximum absolute atomic E-state index is 6.14. The van der Waals surface area contributed by atoms with Crippen molar-refractivity contribution < 1.29 is 4.42 Å². The molecule has 0 radical (unpaired) electrons. The molecule has 0 atom stereocenters. The summed E-state index contributed by atoms with van der Waals surface area (Å²) >= 11 is 17.9. The molecule has 0 aliphatic heterocycles. The summed E-state index contributed by atoms with van der Waals surface area (Å²) < 4.78 is 5.31. The van der Waals surface area contributed by atoms with E-state index in [0.29, 0.717) is 22.4 Å². The number of hydrogen-bond donors (Lipinski definition) is 0. The van der Waals surface area contributed by atoms with Crippen LogP contribution in [0.1, 0.15) is 12.7 Å². The first-order valence-corrected chi connectivity index (χ1v) is 6.54. The highest BCUT2D eigenvalue weighted by atomic mass is 35.5. The Hall–Kier alpha value is -0.900. The number of anilines is 1.